The van der Waals surface area contributed by atoms with Crippen LogP contribution in [0.4, 0.5) is 0 Å². The SMILES string of the molecule is CCCC(C)C1(C)CCN(C(C)C)CC1. The van der Waals surface area contributed by atoms with E-state index in [9.17, 15) is 0 Å². The van der Waals surface area contributed by atoms with Crippen LogP contribution in [-0.2, 0) is 0 Å². The van der Waals surface area contributed by atoms with Gasteiger partial charge in [0.15, 0.2) is 0 Å². The number of nitrogens with zero attached hydrogens (tertiary/aromatic N) is 1. The summed E-state index contributed by atoms with van der Waals surface area (Å²) in [5, 5.41) is 0. The van der Waals surface area contributed by atoms with Gasteiger partial charge in [0.1, 0.15) is 0 Å². The van der Waals surface area contributed by atoms with Crippen molar-refractivity contribution in [3.63, 3.8) is 0 Å². The number of piperidine rings is 1. The van der Waals surface area contributed by atoms with Crippen molar-refractivity contribution in [1.29, 1.82) is 0 Å². The zero-order chi connectivity index (χ0) is 11.5. The zero-order valence-corrected chi connectivity index (χ0v) is 11.3. The lowest BCUT2D eigenvalue weighted by Crippen LogP contribution is -2.44. The quantitative estimate of drug-likeness (QED) is 0.681. The molecule has 1 saturated heterocycles. The highest BCUT2D eigenvalue weighted by Gasteiger charge is 2.34. The summed E-state index contributed by atoms with van der Waals surface area (Å²) in [5.41, 5.74) is 0.612. The fraction of sp³-hybridized carbons (Fsp3) is 1.00. The summed E-state index contributed by atoms with van der Waals surface area (Å²) in [6.45, 7) is 14.5. The standard InChI is InChI=1S/C14H29N/c1-6-7-13(4)14(5)8-10-15(11-9-14)12(2)3/h12-13H,6-11H2,1-5H3. The third-order valence-electron chi connectivity index (χ3n) is 4.58. The first-order valence-corrected chi connectivity index (χ1v) is 6.73. The summed E-state index contributed by atoms with van der Waals surface area (Å²) in [5.74, 6) is 0.900. The molecule has 15 heavy (non-hydrogen) atoms. The molecule has 1 aliphatic rings. The third-order valence-corrected chi connectivity index (χ3v) is 4.58. The van der Waals surface area contributed by atoms with Gasteiger partial charge in [0.2, 0.25) is 0 Å². The van der Waals surface area contributed by atoms with Crippen LogP contribution in [0.2, 0.25) is 0 Å². The van der Waals surface area contributed by atoms with E-state index in [0.29, 0.717) is 5.41 Å². The van der Waals surface area contributed by atoms with Crippen LogP contribution in [0.5, 0.6) is 0 Å². The van der Waals surface area contributed by atoms with Crippen LogP contribution in [0.25, 0.3) is 0 Å². The Balaban J connectivity index is 2.46. The number of hydrogen-bond donors (Lipinski definition) is 0. The van der Waals surface area contributed by atoms with Crippen LogP contribution in [0, 0.1) is 11.3 Å². The van der Waals surface area contributed by atoms with Crippen molar-refractivity contribution in [3.8, 4) is 0 Å². The Morgan fingerprint density at radius 3 is 2.07 bits per heavy atom. The molecule has 1 rings (SSSR count). The van der Waals surface area contributed by atoms with E-state index in [2.05, 4.69) is 39.5 Å². The molecule has 1 heterocycles. The maximum Gasteiger partial charge on any atom is 0.00385 e. The number of rotatable bonds is 4. The van der Waals surface area contributed by atoms with Gasteiger partial charge in [0.25, 0.3) is 0 Å². The second kappa shape index (κ2) is 5.34. The summed E-state index contributed by atoms with van der Waals surface area (Å²) >= 11 is 0. The van der Waals surface area contributed by atoms with Crippen molar-refractivity contribution in [2.45, 2.75) is 66.3 Å². The molecule has 1 heteroatoms. The second-order valence-corrected chi connectivity index (χ2v) is 5.97. The minimum absolute atomic E-state index is 0.612. The van der Waals surface area contributed by atoms with Crippen LogP contribution < -0.4 is 0 Å². The topological polar surface area (TPSA) is 3.24 Å². The predicted molar refractivity (Wildman–Crippen MR) is 68.1 cm³/mol. The molecule has 1 aliphatic heterocycles. The van der Waals surface area contributed by atoms with Crippen LogP contribution in [0.3, 0.4) is 0 Å². The van der Waals surface area contributed by atoms with Crippen LogP contribution >= 0.6 is 0 Å². The van der Waals surface area contributed by atoms with Gasteiger partial charge in [-0.05, 0) is 51.1 Å². The average Bonchev–Trinajstić information content (AvgIpc) is 2.18. The Kier molecular flexibility index (Phi) is 4.64. The van der Waals surface area contributed by atoms with E-state index in [1.807, 2.05) is 0 Å². The van der Waals surface area contributed by atoms with Crippen LogP contribution in [0.1, 0.15) is 60.3 Å². The lowest BCUT2D eigenvalue weighted by atomic mass is 9.69. The molecule has 1 nitrogen and oxygen atoms in total. The molecule has 90 valence electrons. The highest BCUT2D eigenvalue weighted by Crippen LogP contribution is 2.40. The van der Waals surface area contributed by atoms with Gasteiger partial charge in [-0.3, -0.25) is 0 Å². The molecule has 0 aliphatic carbocycles. The molecule has 0 radical (unpaired) electrons. The van der Waals surface area contributed by atoms with Crippen molar-refractivity contribution in [2.24, 2.45) is 11.3 Å². The highest BCUT2D eigenvalue weighted by molar-refractivity contribution is 4.86. The molecule has 0 N–H and O–H groups in total. The van der Waals surface area contributed by atoms with E-state index in [-0.39, 0.29) is 0 Å². The Labute approximate surface area is 96.2 Å². The summed E-state index contributed by atoms with van der Waals surface area (Å²) in [7, 11) is 0. The first-order chi connectivity index (χ1) is 6.99. The molecule has 0 amide bonds. The largest absolute Gasteiger partial charge is 0.301 e. The average molecular weight is 211 g/mol. The van der Waals surface area contributed by atoms with Gasteiger partial charge in [0.05, 0.1) is 0 Å². The third kappa shape index (κ3) is 3.21. The smallest absolute Gasteiger partial charge is 0.00385 e. The fourth-order valence-electron chi connectivity index (χ4n) is 2.83. The molecule has 0 aromatic rings. The summed E-state index contributed by atoms with van der Waals surface area (Å²) in [4.78, 5) is 2.63. The molecular weight excluding hydrogens is 182 g/mol. The van der Waals surface area contributed by atoms with E-state index >= 15 is 0 Å². The first-order valence-electron chi connectivity index (χ1n) is 6.73. The van der Waals surface area contributed by atoms with E-state index < -0.39 is 0 Å². The van der Waals surface area contributed by atoms with Crippen LogP contribution in [0.15, 0.2) is 0 Å². The Morgan fingerprint density at radius 2 is 1.67 bits per heavy atom. The lowest BCUT2D eigenvalue weighted by molar-refractivity contribution is 0.0520. The van der Waals surface area contributed by atoms with Crippen molar-refractivity contribution >= 4 is 0 Å². The summed E-state index contributed by atoms with van der Waals surface area (Å²) in [6.07, 6.45) is 5.53. The van der Waals surface area contributed by atoms with Crippen molar-refractivity contribution in [3.05, 3.63) is 0 Å². The maximum atomic E-state index is 2.63. The van der Waals surface area contributed by atoms with Crippen LogP contribution in [-0.4, -0.2) is 24.0 Å². The van der Waals surface area contributed by atoms with E-state index in [1.165, 1.54) is 38.8 Å². The van der Waals surface area contributed by atoms with Crippen molar-refractivity contribution in [1.82, 2.24) is 4.90 Å². The first kappa shape index (κ1) is 13.0. The van der Waals surface area contributed by atoms with E-state index in [0.717, 1.165) is 12.0 Å². The highest BCUT2D eigenvalue weighted by atomic mass is 15.2. The lowest BCUT2D eigenvalue weighted by Gasteiger charge is -2.44. The molecule has 0 bridgehead atoms. The summed E-state index contributed by atoms with van der Waals surface area (Å²) in [6, 6.07) is 0.732. The Hall–Kier alpha value is -0.0400. The number of likely N-dealkylation sites (tertiary alicyclic amines) is 1. The van der Waals surface area contributed by atoms with Gasteiger partial charge in [-0.2, -0.15) is 0 Å². The van der Waals surface area contributed by atoms with E-state index in [4.69, 9.17) is 0 Å². The molecule has 1 unspecified atom stereocenters. The number of hydrogen-bond acceptors (Lipinski definition) is 1. The van der Waals surface area contributed by atoms with E-state index in [1.54, 1.807) is 0 Å². The van der Waals surface area contributed by atoms with Gasteiger partial charge in [-0.1, -0.05) is 33.6 Å². The normalized spacial score (nSPS) is 24.4. The van der Waals surface area contributed by atoms with Gasteiger partial charge in [0, 0.05) is 6.04 Å². The fourth-order valence-corrected chi connectivity index (χ4v) is 2.83. The monoisotopic (exact) mass is 211 g/mol. The molecule has 0 aromatic carbocycles. The molecule has 1 atom stereocenters. The molecular formula is C14H29N. The molecule has 0 spiro atoms. The molecule has 0 saturated carbocycles. The molecule has 0 aromatic heterocycles. The van der Waals surface area contributed by atoms with Gasteiger partial charge in [-0.25, -0.2) is 0 Å². The molecule has 1 fully saturated rings. The van der Waals surface area contributed by atoms with Gasteiger partial charge >= 0.3 is 0 Å². The van der Waals surface area contributed by atoms with Crippen molar-refractivity contribution in [2.75, 3.05) is 13.1 Å². The maximum absolute atomic E-state index is 2.63. The minimum Gasteiger partial charge on any atom is -0.301 e. The van der Waals surface area contributed by atoms with Gasteiger partial charge in [-0.15, -0.1) is 0 Å². The Bertz CT molecular complexity index is 178. The predicted octanol–water partition coefficient (Wildman–Crippen LogP) is 3.93. The van der Waals surface area contributed by atoms with Crippen molar-refractivity contribution < 1.29 is 0 Å². The zero-order valence-electron chi connectivity index (χ0n) is 11.3. The van der Waals surface area contributed by atoms with Gasteiger partial charge < -0.3 is 4.90 Å². The Morgan fingerprint density at radius 1 is 1.13 bits per heavy atom. The summed E-state index contributed by atoms with van der Waals surface area (Å²) < 4.78 is 0. The minimum atomic E-state index is 0.612. The second-order valence-electron chi connectivity index (χ2n) is 5.97.